The summed E-state index contributed by atoms with van der Waals surface area (Å²) in [5, 5.41) is 2.79. The Morgan fingerprint density at radius 1 is 1.60 bits per heavy atom. The second kappa shape index (κ2) is 5.82. The Morgan fingerprint density at radius 3 is 2.93 bits per heavy atom. The summed E-state index contributed by atoms with van der Waals surface area (Å²) in [6, 6.07) is 3.49. The van der Waals surface area contributed by atoms with Gasteiger partial charge in [-0.1, -0.05) is 15.9 Å². The van der Waals surface area contributed by atoms with Crippen LogP contribution >= 0.6 is 15.9 Å². The topological polar surface area (TPSA) is 45.2 Å². The molecule has 0 aliphatic heterocycles. The number of aromatic nitrogens is 1. The lowest BCUT2D eigenvalue weighted by molar-refractivity contribution is 0.0946. The van der Waals surface area contributed by atoms with E-state index in [-0.39, 0.29) is 5.91 Å². The molecule has 0 radical (unpaired) electrons. The Kier molecular flexibility index (Phi) is 4.71. The highest BCUT2D eigenvalue weighted by atomic mass is 79.9. The standard InChI is InChI=1S/C10H14BrN3O/c1-14(2)6-5-13-10(15)9-7-8(11)3-4-12-9/h3-4,7H,5-6H2,1-2H3,(H,13,15). The molecule has 0 unspecified atom stereocenters. The Morgan fingerprint density at radius 2 is 2.33 bits per heavy atom. The Balaban J connectivity index is 2.47. The minimum absolute atomic E-state index is 0.141. The fourth-order valence-corrected chi connectivity index (χ4v) is 1.35. The molecule has 1 rings (SSSR count). The first-order chi connectivity index (χ1) is 7.09. The second-order valence-corrected chi connectivity index (χ2v) is 4.33. The van der Waals surface area contributed by atoms with Crippen molar-refractivity contribution in [3.8, 4) is 0 Å². The van der Waals surface area contributed by atoms with E-state index in [0.29, 0.717) is 12.2 Å². The molecule has 5 heteroatoms. The van der Waals surface area contributed by atoms with E-state index in [4.69, 9.17) is 0 Å². The molecule has 0 bridgehead atoms. The molecule has 0 saturated heterocycles. The van der Waals surface area contributed by atoms with E-state index in [1.165, 1.54) is 0 Å². The first kappa shape index (κ1) is 12.1. The van der Waals surface area contributed by atoms with Crippen molar-refractivity contribution in [2.75, 3.05) is 27.2 Å². The van der Waals surface area contributed by atoms with Crippen LogP contribution in [0, 0.1) is 0 Å². The molecule has 0 aliphatic rings. The SMILES string of the molecule is CN(C)CCNC(=O)c1cc(Br)ccn1. The maximum Gasteiger partial charge on any atom is 0.269 e. The van der Waals surface area contributed by atoms with Crippen LogP contribution in [0.5, 0.6) is 0 Å². The van der Waals surface area contributed by atoms with Gasteiger partial charge in [0.05, 0.1) is 0 Å². The minimum Gasteiger partial charge on any atom is -0.349 e. The van der Waals surface area contributed by atoms with Crippen molar-refractivity contribution in [3.63, 3.8) is 0 Å². The number of nitrogens with zero attached hydrogens (tertiary/aromatic N) is 2. The van der Waals surface area contributed by atoms with Crippen molar-refractivity contribution in [2.24, 2.45) is 0 Å². The van der Waals surface area contributed by atoms with Gasteiger partial charge in [-0.25, -0.2) is 0 Å². The van der Waals surface area contributed by atoms with Gasteiger partial charge < -0.3 is 10.2 Å². The zero-order valence-corrected chi connectivity index (χ0v) is 10.4. The molecular formula is C10H14BrN3O. The fourth-order valence-electron chi connectivity index (χ4n) is 1.01. The van der Waals surface area contributed by atoms with E-state index in [9.17, 15) is 4.79 Å². The molecule has 1 aromatic heterocycles. The van der Waals surface area contributed by atoms with Crippen LogP contribution in [0.2, 0.25) is 0 Å². The predicted molar refractivity (Wildman–Crippen MR) is 62.8 cm³/mol. The Labute approximate surface area is 97.8 Å². The maximum atomic E-state index is 11.6. The van der Waals surface area contributed by atoms with E-state index < -0.39 is 0 Å². The van der Waals surface area contributed by atoms with Crippen LogP contribution in [0.4, 0.5) is 0 Å². The van der Waals surface area contributed by atoms with Crippen LogP contribution in [-0.4, -0.2) is 43.0 Å². The quantitative estimate of drug-likeness (QED) is 0.893. The van der Waals surface area contributed by atoms with Crippen molar-refractivity contribution < 1.29 is 4.79 Å². The molecule has 0 saturated carbocycles. The molecule has 0 fully saturated rings. The van der Waals surface area contributed by atoms with Gasteiger partial charge in [0.1, 0.15) is 5.69 Å². The van der Waals surface area contributed by atoms with E-state index in [1.54, 1.807) is 18.3 Å². The molecule has 1 aromatic rings. The first-order valence-electron chi connectivity index (χ1n) is 4.64. The number of carbonyl (C=O) groups is 1. The summed E-state index contributed by atoms with van der Waals surface area (Å²) in [5.74, 6) is -0.141. The number of likely N-dealkylation sites (N-methyl/N-ethyl adjacent to an activating group) is 1. The van der Waals surface area contributed by atoms with Gasteiger partial charge in [0.25, 0.3) is 5.91 Å². The number of rotatable bonds is 4. The number of hydrogen-bond acceptors (Lipinski definition) is 3. The van der Waals surface area contributed by atoms with Crippen LogP contribution in [0.3, 0.4) is 0 Å². The van der Waals surface area contributed by atoms with Crippen LogP contribution in [0.25, 0.3) is 0 Å². The van der Waals surface area contributed by atoms with Gasteiger partial charge in [-0.05, 0) is 26.2 Å². The summed E-state index contributed by atoms with van der Waals surface area (Å²) in [6.45, 7) is 1.44. The fraction of sp³-hybridized carbons (Fsp3) is 0.400. The highest BCUT2D eigenvalue weighted by molar-refractivity contribution is 9.10. The van der Waals surface area contributed by atoms with Gasteiger partial charge in [-0.15, -0.1) is 0 Å². The van der Waals surface area contributed by atoms with Crippen molar-refractivity contribution in [2.45, 2.75) is 0 Å². The van der Waals surface area contributed by atoms with Crippen LogP contribution in [0.15, 0.2) is 22.8 Å². The van der Waals surface area contributed by atoms with E-state index in [1.807, 2.05) is 19.0 Å². The van der Waals surface area contributed by atoms with Gasteiger partial charge in [0.15, 0.2) is 0 Å². The molecule has 0 aliphatic carbocycles. The number of amides is 1. The highest BCUT2D eigenvalue weighted by Crippen LogP contribution is 2.08. The second-order valence-electron chi connectivity index (χ2n) is 3.42. The van der Waals surface area contributed by atoms with E-state index in [2.05, 4.69) is 26.2 Å². The van der Waals surface area contributed by atoms with Crippen molar-refractivity contribution >= 4 is 21.8 Å². The molecule has 0 aromatic carbocycles. The Bertz CT molecular complexity index is 341. The molecule has 15 heavy (non-hydrogen) atoms. The number of halogens is 1. The Hall–Kier alpha value is -0.940. The summed E-state index contributed by atoms with van der Waals surface area (Å²) in [6.07, 6.45) is 1.60. The minimum atomic E-state index is -0.141. The van der Waals surface area contributed by atoms with Gasteiger partial charge in [0.2, 0.25) is 0 Å². The van der Waals surface area contributed by atoms with E-state index >= 15 is 0 Å². The van der Waals surface area contributed by atoms with Crippen LogP contribution in [-0.2, 0) is 0 Å². The maximum absolute atomic E-state index is 11.6. The summed E-state index contributed by atoms with van der Waals surface area (Å²) in [4.78, 5) is 17.6. The van der Waals surface area contributed by atoms with Gasteiger partial charge in [-0.2, -0.15) is 0 Å². The van der Waals surface area contributed by atoms with Gasteiger partial charge >= 0.3 is 0 Å². The lowest BCUT2D eigenvalue weighted by atomic mass is 10.3. The summed E-state index contributed by atoms with van der Waals surface area (Å²) >= 11 is 3.29. The molecule has 1 N–H and O–H groups in total. The van der Waals surface area contributed by atoms with Gasteiger partial charge in [0, 0.05) is 23.8 Å². The van der Waals surface area contributed by atoms with Crippen molar-refractivity contribution in [1.82, 2.24) is 15.2 Å². The number of hydrogen-bond donors (Lipinski definition) is 1. The lowest BCUT2D eigenvalue weighted by Crippen LogP contribution is -2.31. The molecule has 0 spiro atoms. The molecule has 1 amide bonds. The summed E-state index contributed by atoms with van der Waals surface area (Å²) < 4.78 is 0.857. The molecule has 4 nitrogen and oxygen atoms in total. The predicted octanol–water partition coefficient (Wildman–Crippen LogP) is 1.14. The van der Waals surface area contributed by atoms with Gasteiger partial charge in [-0.3, -0.25) is 9.78 Å². The monoisotopic (exact) mass is 271 g/mol. The molecule has 82 valence electrons. The normalized spacial score (nSPS) is 10.4. The number of pyridine rings is 1. The van der Waals surface area contributed by atoms with Crippen molar-refractivity contribution in [3.05, 3.63) is 28.5 Å². The number of carbonyl (C=O) groups excluding carboxylic acids is 1. The zero-order chi connectivity index (χ0) is 11.3. The van der Waals surface area contributed by atoms with E-state index in [0.717, 1.165) is 11.0 Å². The smallest absolute Gasteiger partial charge is 0.269 e. The average Bonchev–Trinajstić information content (AvgIpc) is 2.17. The highest BCUT2D eigenvalue weighted by Gasteiger charge is 2.06. The van der Waals surface area contributed by atoms with Crippen LogP contribution < -0.4 is 5.32 Å². The molecule has 1 heterocycles. The average molecular weight is 272 g/mol. The van der Waals surface area contributed by atoms with Crippen molar-refractivity contribution in [1.29, 1.82) is 0 Å². The lowest BCUT2D eigenvalue weighted by Gasteiger charge is -2.09. The third-order valence-electron chi connectivity index (χ3n) is 1.80. The molecule has 0 atom stereocenters. The largest absolute Gasteiger partial charge is 0.349 e. The zero-order valence-electron chi connectivity index (χ0n) is 8.83. The summed E-state index contributed by atoms with van der Waals surface area (Å²) in [5.41, 5.74) is 0.433. The third-order valence-corrected chi connectivity index (χ3v) is 2.29. The van der Waals surface area contributed by atoms with Crippen LogP contribution in [0.1, 0.15) is 10.5 Å². The third kappa shape index (κ3) is 4.40. The summed E-state index contributed by atoms with van der Waals surface area (Å²) in [7, 11) is 3.92. The molecular weight excluding hydrogens is 258 g/mol. The number of nitrogens with one attached hydrogen (secondary N) is 1. The first-order valence-corrected chi connectivity index (χ1v) is 5.43.